The van der Waals surface area contributed by atoms with E-state index >= 15 is 0 Å². The Morgan fingerprint density at radius 3 is 2.02 bits per heavy atom. The van der Waals surface area contributed by atoms with E-state index in [2.05, 4.69) is 0 Å². The number of furan rings is 1. The number of methoxy groups -OCH3 is 1. The summed E-state index contributed by atoms with van der Waals surface area (Å²) >= 11 is 0. The van der Waals surface area contributed by atoms with E-state index in [0.717, 1.165) is 34.8 Å². The topological polar surface area (TPSA) is 265 Å². The Hall–Kier alpha value is -4.63. The number of carbonyl (C=O) groups is 7. The lowest BCUT2D eigenvalue weighted by Crippen LogP contribution is -2.97. The zero-order valence-electron chi connectivity index (χ0n) is 35.1. The van der Waals surface area contributed by atoms with Crippen LogP contribution in [0.2, 0.25) is 0 Å². The summed E-state index contributed by atoms with van der Waals surface area (Å²) in [6.07, 6.45) is -11.0. The van der Waals surface area contributed by atoms with Gasteiger partial charge in [-0.15, -0.1) is 0 Å². The first-order valence-electron chi connectivity index (χ1n) is 20.0. The maximum Gasteiger partial charge on any atom is 0.348 e. The fraction of sp³-hybridized carbons (Fsp3) is 0.732. The Kier molecular flexibility index (Phi) is 8.26. The van der Waals surface area contributed by atoms with Gasteiger partial charge in [-0.25, -0.2) is 9.59 Å². The van der Waals surface area contributed by atoms with Gasteiger partial charge >= 0.3 is 41.8 Å². The highest BCUT2D eigenvalue weighted by atomic mass is 17.0. The van der Waals surface area contributed by atoms with Gasteiger partial charge < -0.3 is 62.0 Å². The highest BCUT2D eigenvalue weighted by molar-refractivity contribution is 5.85. The van der Waals surface area contributed by atoms with Crippen LogP contribution < -0.4 is 0 Å². The molecule has 1 spiro atoms. The van der Waals surface area contributed by atoms with E-state index in [1.54, 1.807) is 0 Å². The number of carbonyl (C=O) groups excluding carboxylic acids is 7. The van der Waals surface area contributed by atoms with E-state index < -0.39 is 153 Å². The van der Waals surface area contributed by atoms with Crippen LogP contribution >= 0.6 is 0 Å². The van der Waals surface area contributed by atoms with Crippen LogP contribution in [0.3, 0.4) is 0 Å². The van der Waals surface area contributed by atoms with E-state index in [4.69, 9.17) is 51.8 Å². The first kappa shape index (κ1) is 41.7. The molecular formula is C41H48O20. The lowest BCUT2D eigenvalue weighted by Gasteiger charge is -2.76. The van der Waals surface area contributed by atoms with Crippen LogP contribution in [0, 0.1) is 33.5 Å². The zero-order chi connectivity index (χ0) is 44.6. The Morgan fingerprint density at radius 1 is 0.820 bits per heavy atom. The third kappa shape index (κ3) is 4.22. The predicted molar refractivity (Wildman–Crippen MR) is 191 cm³/mol. The number of ether oxygens (including phenoxy) is 10. The van der Waals surface area contributed by atoms with Crippen molar-refractivity contribution in [1.82, 2.24) is 0 Å². The van der Waals surface area contributed by atoms with Crippen LogP contribution in [0.15, 0.2) is 23.0 Å². The molecule has 0 radical (unpaired) electrons. The molecule has 0 amide bonds. The Morgan fingerprint density at radius 2 is 1.46 bits per heavy atom. The van der Waals surface area contributed by atoms with E-state index in [9.17, 15) is 43.8 Å². The molecule has 0 unspecified atom stereocenters. The fourth-order valence-electron chi connectivity index (χ4n) is 14.3. The second-order valence-electron chi connectivity index (χ2n) is 18.7. The number of hydrogen-bond acceptors (Lipinski definition) is 20. The minimum absolute atomic E-state index is 0.250. The smallest absolute Gasteiger partial charge is 0.348 e. The van der Waals surface area contributed by atoms with Crippen LogP contribution in [0.25, 0.3) is 0 Å². The SMILES string of the molecule is COC(=O)[C@H](OC(C)=O)[C@H]1[C@@]2(C)C[C@]3(O)[C@@](O)([C@@H](OC(=O)C(C)C)[C@]45O[C@]6(C)O[C@H]([C@H](OC(C)=O)[C@]78C[C@@]74[C@@H](OC(C)=O)C(=O)O[C@H]8c4ccoc4)[C@]5(O6)[C@]13C)[C@H]2OC(C)=O. The van der Waals surface area contributed by atoms with Crippen molar-refractivity contribution < 1.29 is 95.6 Å². The summed E-state index contributed by atoms with van der Waals surface area (Å²) in [5.74, 6) is -11.8. The summed E-state index contributed by atoms with van der Waals surface area (Å²) < 4.78 is 68.3. The maximum atomic E-state index is 14.8. The molecule has 8 fully saturated rings. The predicted octanol–water partition coefficient (Wildman–Crippen LogP) is 0.854. The maximum absolute atomic E-state index is 14.8. The van der Waals surface area contributed by atoms with Crippen LogP contribution in [0.1, 0.15) is 86.8 Å². The van der Waals surface area contributed by atoms with Crippen molar-refractivity contribution in [2.45, 2.75) is 146 Å². The van der Waals surface area contributed by atoms with Crippen molar-refractivity contribution in [3.8, 4) is 0 Å². The molecule has 5 aliphatic carbocycles. The molecule has 1 aromatic heterocycles. The molecule has 1 aromatic rings. The number of fused-ring (bicyclic) bond motifs is 2. The lowest BCUT2D eigenvalue weighted by atomic mass is 9.33. The summed E-state index contributed by atoms with van der Waals surface area (Å²) in [4.78, 5) is 96.2. The normalized spacial score (nSPS) is 49.1. The molecule has 3 aliphatic heterocycles. The third-order valence-electron chi connectivity index (χ3n) is 15.5. The van der Waals surface area contributed by atoms with Crippen LogP contribution in [-0.4, -0.2) is 124 Å². The Labute approximate surface area is 348 Å². The average molecular weight is 861 g/mol. The van der Waals surface area contributed by atoms with Gasteiger partial charge in [0.05, 0.1) is 36.4 Å². The van der Waals surface area contributed by atoms with Crippen molar-refractivity contribution in [3.63, 3.8) is 0 Å². The second-order valence-corrected chi connectivity index (χ2v) is 18.7. The lowest BCUT2D eigenvalue weighted by molar-refractivity contribution is -0.455. The Balaban J connectivity index is 1.48. The second kappa shape index (κ2) is 12.1. The van der Waals surface area contributed by atoms with Gasteiger partial charge in [-0.05, 0) is 18.9 Å². The van der Waals surface area contributed by atoms with E-state index in [-0.39, 0.29) is 12.0 Å². The first-order chi connectivity index (χ1) is 28.3. The van der Waals surface area contributed by atoms with Crippen LogP contribution in [0.4, 0.5) is 0 Å². The van der Waals surface area contributed by atoms with Crippen LogP contribution in [-0.2, 0) is 80.9 Å². The summed E-state index contributed by atoms with van der Waals surface area (Å²) in [6.45, 7) is 11.5. The van der Waals surface area contributed by atoms with Gasteiger partial charge in [0, 0.05) is 56.9 Å². The molecule has 17 atom stereocenters. The quantitative estimate of drug-likeness (QED) is 0.257. The number of aliphatic hydroxyl groups is 2. The van der Waals surface area contributed by atoms with Gasteiger partial charge in [0.2, 0.25) is 12.2 Å². The standard InChI is InChI=1S/C41H48O20/c1-16(2)28(46)58-32-39(50)31(56-20(6)45)33(7)14-38(39,49)34(8,23(33)22(29(47)51-10)53-17(3)42)40-26-25(54-18(4)43)36-15-37(36,41(32,40)61-35(9,59-26)60-40)27(55-19(5)44)30(48)57-24(36)21-11-12-52-13-21/h11-13,16,22-27,31-32,49-50H,14-15H2,1-10H3/t22-,23+,24+,25+,26-,27+,31+,32-,33-,34-,35-,36-,37-,38-,39+,40+,41+/m1/s1. The van der Waals surface area contributed by atoms with Gasteiger partial charge in [0.15, 0.2) is 17.3 Å². The molecule has 0 aromatic carbocycles. The van der Waals surface area contributed by atoms with Gasteiger partial charge in [-0.3, -0.25) is 24.0 Å². The third-order valence-corrected chi connectivity index (χ3v) is 15.5. The molecule has 9 rings (SSSR count). The minimum atomic E-state index is -2.97. The molecule has 20 nitrogen and oxygen atoms in total. The van der Waals surface area contributed by atoms with E-state index in [1.165, 1.54) is 53.2 Å². The molecule has 3 saturated heterocycles. The molecule has 332 valence electrons. The monoisotopic (exact) mass is 860 g/mol. The fourth-order valence-corrected chi connectivity index (χ4v) is 14.3. The average Bonchev–Trinajstić information content (AvgIpc) is 3.51. The number of rotatable bonds is 9. The summed E-state index contributed by atoms with van der Waals surface area (Å²) in [5.41, 5.74) is -18.5. The summed E-state index contributed by atoms with van der Waals surface area (Å²) in [7, 11) is 1.04. The largest absolute Gasteiger partial charge is 0.472 e. The van der Waals surface area contributed by atoms with Crippen molar-refractivity contribution in [1.29, 1.82) is 0 Å². The van der Waals surface area contributed by atoms with Gasteiger partial charge in [-0.1, -0.05) is 27.7 Å². The van der Waals surface area contributed by atoms with Crippen molar-refractivity contribution in [2.75, 3.05) is 7.11 Å². The summed E-state index contributed by atoms with van der Waals surface area (Å²) in [5, 5.41) is 28.0. The molecule has 20 heteroatoms. The zero-order valence-corrected chi connectivity index (χ0v) is 35.1. The molecule has 5 saturated carbocycles. The molecule has 4 heterocycles. The highest BCUT2D eigenvalue weighted by Gasteiger charge is 3.11. The van der Waals surface area contributed by atoms with Crippen molar-refractivity contribution in [3.05, 3.63) is 24.2 Å². The van der Waals surface area contributed by atoms with E-state index in [0.29, 0.717) is 0 Å². The first-order valence-corrected chi connectivity index (χ1v) is 20.0. The summed E-state index contributed by atoms with van der Waals surface area (Å²) in [6, 6.07) is 1.50. The van der Waals surface area contributed by atoms with E-state index in [1.807, 2.05) is 0 Å². The van der Waals surface area contributed by atoms with Gasteiger partial charge in [-0.2, -0.15) is 0 Å². The minimum Gasteiger partial charge on any atom is -0.472 e. The van der Waals surface area contributed by atoms with Crippen LogP contribution in [0.5, 0.6) is 0 Å². The van der Waals surface area contributed by atoms with Gasteiger partial charge in [0.25, 0.3) is 5.97 Å². The molecule has 8 aliphatic rings. The molecule has 61 heavy (non-hydrogen) atoms. The van der Waals surface area contributed by atoms with Crippen molar-refractivity contribution >= 4 is 41.8 Å². The molecular weight excluding hydrogens is 812 g/mol. The molecule has 2 N–H and O–H groups in total. The number of esters is 7. The Bertz CT molecular complexity index is 2190. The highest BCUT2D eigenvalue weighted by Crippen LogP contribution is 2.95. The number of hydrogen-bond donors (Lipinski definition) is 2. The molecule has 4 bridgehead atoms. The van der Waals surface area contributed by atoms with Gasteiger partial charge in [0.1, 0.15) is 35.6 Å². The van der Waals surface area contributed by atoms with Crippen molar-refractivity contribution in [2.24, 2.45) is 33.5 Å². The number of cyclic esters (lactones) is 1.